The molecule has 1 heterocycles. The van der Waals surface area contributed by atoms with Crippen LogP contribution in [0, 0.1) is 6.92 Å². The van der Waals surface area contributed by atoms with Gasteiger partial charge >= 0.3 is 5.97 Å². The summed E-state index contributed by atoms with van der Waals surface area (Å²) in [5.74, 6) is -0.686. The fourth-order valence-corrected chi connectivity index (χ4v) is 2.46. The number of nitrogens with zero attached hydrogens (tertiary/aromatic N) is 1. The number of carboxylic acids is 1. The summed E-state index contributed by atoms with van der Waals surface area (Å²) in [5.41, 5.74) is 5.01. The second-order valence-electron chi connectivity index (χ2n) is 4.12. The zero-order chi connectivity index (χ0) is 14.5. The standard InChI is InChI=1S/C13H14N2O4S/c1-8-12(20-7-14-8)2-3-19-11-5-9(13(16)17)4-10(6-11)15-18/h4-7,15,18H,2-3H2,1H3,(H,16,17). The van der Waals surface area contributed by atoms with Gasteiger partial charge in [0.1, 0.15) is 5.75 Å². The van der Waals surface area contributed by atoms with Crippen LogP contribution in [-0.2, 0) is 6.42 Å². The van der Waals surface area contributed by atoms with E-state index in [2.05, 4.69) is 4.98 Å². The van der Waals surface area contributed by atoms with Gasteiger partial charge in [0.25, 0.3) is 0 Å². The van der Waals surface area contributed by atoms with Crippen LogP contribution in [0.3, 0.4) is 0 Å². The van der Waals surface area contributed by atoms with Gasteiger partial charge in [0, 0.05) is 17.4 Å². The van der Waals surface area contributed by atoms with E-state index in [1.807, 2.05) is 12.4 Å². The summed E-state index contributed by atoms with van der Waals surface area (Å²) < 4.78 is 5.53. The third kappa shape index (κ3) is 3.46. The number of carbonyl (C=O) groups is 1. The first kappa shape index (κ1) is 14.3. The molecule has 2 aromatic rings. The van der Waals surface area contributed by atoms with Gasteiger partial charge in [-0.05, 0) is 19.1 Å². The highest BCUT2D eigenvalue weighted by atomic mass is 32.1. The van der Waals surface area contributed by atoms with Crippen LogP contribution < -0.4 is 10.2 Å². The number of anilines is 1. The summed E-state index contributed by atoms with van der Waals surface area (Å²) in [5, 5.41) is 17.8. The Balaban J connectivity index is 2.03. The summed E-state index contributed by atoms with van der Waals surface area (Å²) in [6.45, 7) is 2.35. The molecule has 0 saturated carbocycles. The van der Waals surface area contributed by atoms with Gasteiger partial charge in [-0.15, -0.1) is 11.3 Å². The quantitative estimate of drug-likeness (QED) is 0.709. The van der Waals surface area contributed by atoms with Crippen LogP contribution in [0.2, 0.25) is 0 Å². The van der Waals surface area contributed by atoms with E-state index in [9.17, 15) is 4.79 Å². The van der Waals surface area contributed by atoms with Gasteiger partial charge in [0.15, 0.2) is 0 Å². The van der Waals surface area contributed by atoms with E-state index in [1.165, 1.54) is 18.2 Å². The maximum atomic E-state index is 11.0. The molecule has 0 unspecified atom stereocenters. The van der Waals surface area contributed by atoms with Crippen LogP contribution >= 0.6 is 11.3 Å². The number of hydrogen-bond acceptors (Lipinski definition) is 6. The van der Waals surface area contributed by atoms with Crippen molar-refractivity contribution < 1.29 is 19.8 Å². The summed E-state index contributed by atoms with van der Waals surface area (Å²) in [4.78, 5) is 16.2. The van der Waals surface area contributed by atoms with E-state index < -0.39 is 5.97 Å². The van der Waals surface area contributed by atoms with Gasteiger partial charge in [-0.2, -0.15) is 0 Å². The number of ether oxygens (including phenoxy) is 1. The van der Waals surface area contributed by atoms with Gasteiger partial charge in [-0.1, -0.05) is 0 Å². The maximum Gasteiger partial charge on any atom is 0.335 e. The molecule has 0 radical (unpaired) electrons. The molecule has 0 aliphatic rings. The third-order valence-corrected chi connectivity index (χ3v) is 3.72. The van der Waals surface area contributed by atoms with E-state index in [-0.39, 0.29) is 11.3 Å². The van der Waals surface area contributed by atoms with E-state index >= 15 is 0 Å². The Labute approximate surface area is 119 Å². The van der Waals surface area contributed by atoms with Crippen molar-refractivity contribution >= 4 is 23.0 Å². The summed E-state index contributed by atoms with van der Waals surface area (Å²) in [6.07, 6.45) is 0.704. The molecule has 0 amide bonds. The highest BCUT2D eigenvalue weighted by molar-refractivity contribution is 7.09. The Morgan fingerprint density at radius 3 is 2.85 bits per heavy atom. The predicted molar refractivity (Wildman–Crippen MR) is 74.9 cm³/mol. The van der Waals surface area contributed by atoms with Gasteiger partial charge in [0.05, 0.1) is 29.1 Å². The molecule has 0 bridgehead atoms. The van der Waals surface area contributed by atoms with Gasteiger partial charge in [0.2, 0.25) is 0 Å². The molecule has 0 atom stereocenters. The van der Waals surface area contributed by atoms with Crippen LogP contribution in [0.25, 0.3) is 0 Å². The molecule has 0 spiro atoms. The lowest BCUT2D eigenvalue weighted by molar-refractivity contribution is 0.0696. The molecule has 1 aromatic heterocycles. The van der Waals surface area contributed by atoms with Crippen LogP contribution in [-0.4, -0.2) is 27.9 Å². The Morgan fingerprint density at radius 1 is 1.45 bits per heavy atom. The lowest BCUT2D eigenvalue weighted by Crippen LogP contribution is -2.04. The fourth-order valence-electron chi connectivity index (χ4n) is 1.70. The van der Waals surface area contributed by atoms with E-state index in [0.717, 1.165) is 10.6 Å². The molecule has 0 fully saturated rings. The van der Waals surface area contributed by atoms with Crippen LogP contribution in [0.1, 0.15) is 20.9 Å². The average Bonchev–Trinajstić information content (AvgIpc) is 2.84. The number of benzene rings is 1. The molecular weight excluding hydrogens is 280 g/mol. The lowest BCUT2D eigenvalue weighted by Gasteiger charge is -2.09. The summed E-state index contributed by atoms with van der Waals surface area (Å²) in [6, 6.07) is 4.28. The van der Waals surface area contributed by atoms with Gasteiger partial charge in [-0.3, -0.25) is 10.7 Å². The lowest BCUT2D eigenvalue weighted by atomic mass is 10.2. The number of aromatic nitrogens is 1. The first-order valence-electron chi connectivity index (χ1n) is 5.90. The molecule has 20 heavy (non-hydrogen) atoms. The zero-order valence-corrected chi connectivity index (χ0v) is 11.6. The molecular formula is C13H14N2O4S. The zero-order valence-electron chi connectivity index (χ0n) is 10.8. The molecule has 1 aromatic carbocycles. The Hall–Kier alpha value is -2.12. The van der Waals surface area contributed by atoms with E-state index in [4.69, 9.17) is 15.1 Å². The number of carboxylic acid groups (broad SMARTS) is 1. The minimum Gasteiger partial charge on any atom is -0.493 e. The SMILES string of the molecule is Cc1ncsc1CCOc1cc(NO)cc(C(=O)O)c1. The number of thiazole rings is 1. The van der Waals surface area contributed by atoms with Crippen LogP contribution in [0.4, 0.5) is 5.69 Å². The second kappa shape index (κ2) is 6.36. The number of aryl methyl sites for hydroxylation is 1. The first-order chi connectivity index (χ1) is 9.60. The highest BCUT2D eigenvalue weighted by Gasteiger charge is 2.08. The van der Waals surface area contributed by atoms with Crippen LogP contribution in [0.15, 0.2) is 23.7 Å². The number of hydrogen-bond donors (Lipinski definition) is 3. The Morgan fingerprint density at radius 2 is 2.25 bits per heavy atom. The Bertz CT molecular complexity index is 612. The summed E-state index contributed by atoms with van der Waals surface area (Å²) in [7, 11) is 0. The number of nitrogens with one attached hydrogen (secondary N) is 1. The minimum absolute atomic E-state index is 0.0491. The van der Waals surface area contributed by atoms with Crippen LogP contribution in [0.5, 0.6) is 5.75 Å². The average molecular weight is 294 g/mol. The minimum atomic E-state index is -1.08. The molecule has 0 aliphatic carbocycles. The van der Waals surface area contributed by atoms with Crippen molar-refractivity contribution in [3.8, 4) is 5.75 Å². The molecule has 0 saturated heterocycles. The second-order valence-corrected chi connectivity index (χ2v) is 5.06. The third-order valence-electron chi connectivity index (χ3n) is 2.73. The molecule has 106 valence electrons. The topological polar surface area (TPSA) is 91.7 Å². The first-order valence-corrected chi connectivity index (χ1v) is 6.78. The number of aromatic carboxylic acids is 1. The normalized spacial score (nSPS) is 10.3. The van der Waals surface area contributed by atoms with Crippen molar-refractivity contribution in [1.82, 2.24) is 4.98 Å². The molecule has 0 aliphatic heterocycles. The van der Waals surface area contributed by atoms with Gasteiger partial charge < -0.3 is 9.84 Å². The van der Waals surface area contributed by atoms with Crippen molar-refractivity contribution in [2.75, 3.05) is 12.1 Å². The fraction of sp³-hybridized carbons (Fsp3) is 0.231. The highest BCUT2D eigenvalue weighted by Crippen LogP contribution is 2.21. The summed E-state index contributed by atoms with van der Waals surface area (Å²) >= 11 is 1.56. The Kier molecular flexibility index (Phi) is 4.54. The van der Waals surface area contributed by atoms with Crippen molar-refractivity contribution in [2.24, 2.45) is 0 Å². The molecule has 2 rings (SSSR count). The molecule has 7 heteroatoms. The number of rotatable bonds is 6. The maximum absolute atomic E-state index is 11.0. The molecule has 3 N–H and O–H groups in total. The van der Waals surface area contributed by atoms with Crippen molar-refractivity contribution in [3.63, 3.8) is 0 Å². The molecule has 6 nitrogen and oxygen atoms in total. The van der Waals surface area contributed by atoms with Crippen molar-refractivity contribution in [3.05, 3.63) is 39.8 Å². The largest absolute Gasteiger partial charge is 0.493 e. The monoisotopic (exact) mass is 294 g/mol. The van der Waals surface area contributed by atoms with Crippen molar-refractivity contribution in [1.29, 1.82) is 0 Å². The van der Waals surface area contributed by atoms with E-state index in [1.54, 1.807) is 16.8 Å². The van der Waals surface area contributed by atoms with E-state index in [0.29, 0.717) is 18.8 Å². The predicted octanol–water partition coefficient (Wildman–Crippen LogP) is 2.57. The smallest absolute Gasteiger partial charge is 0.335 e. The van der Waals surface area contributed by atoms with Gasteiger partial charge in [-0.25, -0.2) is 9.78 Å². The van der Waals surface area contributed by atoms with Crippen molar-refractivity contribution in [2.45, 2.75) is 13.3 Å².